The van der Waals surface area contributed by atoms with Gasteiger partial charge in [-0.3, -0.25) is 0 Å². The number of ether oxygens (including phenoxy) is 1. The smallest absolute Gasteiger partial charge is 0.337 e. The van der Waals surface area contributed by atoms with Crippen LogP contribution in [0.4, 0.5) is 0 Å². The lowest BCUT2D eigenvalue weighted by Crippen LogP contribution is -2.29. The van der Waals surface area contributed by atoms with E-state index in [9.17, 15) is 13.2 Å². The number of benzene rings is 1. The molecule has 1 atom stereocenters. The van der Waals surface area contributed by atoms with Crippen molar-refractivity contribution in [1.29, 1.82) is 0 Å². The number of carbonyl (C=O) groups excluding carboxylic acids is 1. The fourth-order valence-corrected chi connectivity index (χ4v) is 3.66. The first-order chi connectivity index (χ1) is 10.8. The van der Waals surface area contributed by atoms with Gasteiger partial charge in [-0.1, -0.05) is 0 Å². The Morgan fingerprint density at radius 3 is 2.61 bits per heavy atom. The molecule has 0 fully saturated rings. The molecular formula is C14H18N4O4S. The zero-order valence-electron chi connectivity index (χ0n) is 13.3. The second-order valence-corrected chi connectivity index (χ2v) is 6.80. The van der Waals surface area contributed by atoms with Gasteiger partial charge >= 0.3 is 5.97 Å². The summed E-state index contributed by atoms with van der Waals surface area (Å²) in [6, 6.07) is 3.73. The molecular weight excluding hydrogens is 320 g/mol. The van der Waals surface area contributed by atoms with Crippen LogP contribution in [0.2, 0.25) is 0 Å². The summed E-state index contributed by atoms with van der Waals surface area (Å²) in [7, 11) is -0.762. The van der Waals surface area contributed by atoms with Crippen LogP contribution in [0.25, 0.3) is 0 Å². The molecule has 0 amide bonds. The molecule has 0 bridgehead atoms. The van der Waals surface area contributed by atoms with Gasteiger partial charge in [-0.2, -0.15) is 0 Å². The van der Waals surface area contributed by atoms with Crippen molar-refractivity contribution in [1.82, 2.24) is 19.5 Å². The van der Waals surface area contributed by atoms with Gasteiger partial charge < -0.3 is 9.30 Å². The van der Waals surface area contributed by atoms with Gasteiger partial charge in [-0.15, -0.1) is 10.2 Å². The molecule has 2 aromatic rings. The van der Waals surface area contributed by atoms with Crippen molar-refractivity contribution in [2.45, 2.75) is 24.8 Å². The van der Waals surface area contributed by atoms with Crippen molar-refractivity contribution in [3.8, 4) is 0 Å². The molecule has 0 saturated heterocycles. The van der Waals surface area contributed by atoms with E-state index >= 15 is 0 Å². The normalized spacial score (nSPS) is 12.9. The highest BCUT2D eigenvalue weighted by Gasteiger charge is 2.23. The van der Waals surface area contributed by atoms with Crippen LogP contribution in [0.1, 0.15) is 34.7 Å². The van der Waals surface area contributed by atoms with Crippen LogP contribution >= 0.6 is 0 Å². The Kier molecular flexibility index (Phi) is 4.81. The first kappa shape index (κ1) is 17.1. The molecule has 1 N–H and O–H groups in total. The quantitative estimate of drug-likeness (QED) is 0.814. The van der Waals surface area contributed by atoms with E-state index in [1.54, 1.807) is 25.5 Å². The predicted molar refractivity (Wildman–Crippen MR) is 82.3 cm³/mol. The fourth-order valence-electron chi connectivity index (χ4n) is 2.23. The van der Waals surface area contributed by atoms with Crippen LogP contribution < -0.4 is 4.72 Å². The molecule has 23 heavy (non-hydrogen) atoms. The lowest BCUT2D eigenvalue weighted by molar-refractivity contribution is 0.0600. The number of hydrogen-bond acceptors (Lipinski definition) is 6. The molecule has 0 aliphatic heterocycles. The molecule has 8 nitrogen and oxygen atoms in total. The number of rotatable bonds is 5. The van der Waals surface area contributed by atoms with Crippen LogP contribution in [0.5, 0.6) is 0 Å². The van der Waals surface area contributed by atoms with Gasteiger partial charge in [-0.25, -0.2) is 17.9 Å². The van der Waals surface area contributed by atoms with E-state index in [4.69, 9.17) is 0 Å². The van der Waals surface area contributed by atoms with E-state index in [-0.39, 0.29) is 4.90 Å². The molecule has 1 aromatic heterocycles. The highest BCUT2D eigenvalue weighted by molar-refractivity contribution is 7.89. The average Bonchev–Trinajstić information content (AvgIpc) is 2.91. The molecule has 0 spiro atoms. The summed E-state index contributed by atoms with van der Waals surface area (Å²) in [5, 5.41) is 7.62. The molecule has 0 radical (unpaired) electrons. The number of sulfonamides is 1. The molecule has 1 heterocycles. The van der Waals surface area contributed by atoms with Crippen LogP contribution in [0, 0.1) is 6.92 Å². The van der Waals surface area contributed by atoms with Crippen LogP contribution in [0.3, 0.4) is 0 Å². The van der Waals surface area contributed by atoms with E-state index < -0.39 is 22.0 Å². The largest absolute Gasteiger partial charge is 0.465 e. The Balaban J connectivity index is 2.29. The Morgan fingerprint density at radius 1 is 1.39 bits per heavy atom. The first-order valence-corrected chi connectivity index (χ1v) is 8.29. The van der Waals surface area contributed by atoms with Crippen LogP contribution in [-0.2, 0) is 21.8 Å². The summed E-state index contributed by atoms with van der Waals surface area (Å²) in [4.78, 5) is 11.6. The number of nitrogens with zero attached hydrogens (tertiary/aromatic N) is 3. The van der Waals surface area contributed by atoms with E-state index in [1.165, 1.54) is 31.6 Å². The van der Waals surface area contributed by atoms with E-state index in [1.807, 2.05) is 0 Å². The Bertz CT molecular complexity index is 829. The van der Waals surface area contributed by atoms with Gasteiger partial charge in [0.1, 0.15) is 12.2 Å². The Morgan fingerprint density at radius 2 is 2.09 bits per heavy atom. The number of carbonyl (C=O) groups is 1. The molecule has 9 heteroatoms. The highest BCUT2D eigenvalue weighted by atomic mass is 32.2. The minimum absolute atomic E-state index is 0.0965. The van der Waals surface area contributed by atoms with Crippen molar-refractivity contribution in [3.63, 3.8) is 0 Å². The number of nitrogens with one attached hydrogen (secondary N) is 1. The maximum absolute atomic E-state index is 12.5. The third-order valence-corrected chi connectivity index (χ3v) is 5.05. The van der Waals surface area contributed by atoms with Crippen molar-refractivity contribution >= 4 is 16.0 Å². The summed E-state index contributed by atoms with van der Waals surface area (Å²) in [6.45, 7) is 3.30. The second-order valence-electron chi connectivity index (χ2n) is 5.11. The number of hydrogen-bond donors (Lipinski definition) is 1. The van der Waals surface area contributed by atoms with Gasteiger partial charge in [0, 0.05) is 7.05 Å². The molecule has 0 unspecified atom stereocenters. The van der Waals surface area contributed by atoms with Gasteiger partial charge in [0.05, 0.1) is 23.6 Å². The zero-order valence-corrected chi connectivity index (χ0v) is 14.1. The Hall–Kier alpha value is -2.26. The van der Waals surface area contributed by atoms with Gasteiger partial charge in [0.25, 0.3) is 0 Å². The molecule has 0 saturated carbocycles. The van der Waals surface area contributed by atoms with Crippen molar-refractivity contribution in [3.05, 3.63) is 41.5 Å². The topological polar surface area (TPSA) is 103 Å². The molecule has 124 valence electrons. The number of methoxy groups -OCH3 is 1. The minimum Gasteiger partial charge on any atom is -0.465 e. The Labute approximate surface area is 134 Å². The number of esters is 1. The molecule has 0 aliphatic rings. The average molecular weight is 338 g/mol. The summed E-state index contributed by atoms with van der Waals surface area (Å²) >= 11 is 0. The van der Waals surface area contributed by atoms with E-state index in [0.29, 0.717) is 17.0 Å². The van der Waals surface area contributed by atoms with Gasteiger partial charge in [-0.05, 0) is 37.6 Å². The standard InChI is InChI=1S/C14H18N4O4S/c1-9-7-11(14(19)22-4)5-6-12(9)23(20,21)17-10(2)13-16-15-8-18(13)3/h5-8,10,17H,1-4H3/t10-/m0/s1. The third-order valence-electron chi connectivity index (χ3n) is 3.35. The predicted octanol–water partition coefficient (Wildman–Crippen LogP) is 0.950. The lowest BCUT2D eigenvalue weighted by atomic mass is 10.1. The number of aromatic nitrogens is 3. The van der Waals surface area contributed by atoms with Crippen LogP contribution in [-0.4, -0.2) is 36.3 Å². The van der Waals surface area contributed by atoms with Crippen molar-refractivity contribution < 1.29 is 17.9 Å². The van der Waals surface area contributed by atoms with E-state index in [2.05, 4.69) is 19.7 Å². The van der Waals surface area contributed by atoms with Crippen molar-refractivity contribution in [2.75, 3.05) is 7.11 Å². The maximum Gasteiger partial charge on any atom is 0.337 e. The molecule has 2 rings (SSSR count). The van der Waals surface area contributed by atoms with Crippen LogP contribution in [0.15, 0.2) is 29.4 Å². The van der Waals surface area contributed by atoms with E-state index in [0.717, 1.165) is 0 Å². The second kappa shape index (κ2) is 6.47. The highest BCUT2D eigenvalue weighted by Crippen LogP contribution is 2.20. The molecule has 0 aliphatic carbocycles. The maximum atomic E-state index is 12.5. The first-order valence-electron chi connectivity index (χ1n) is 6.81. The summed E-state index contributed by atoms with van der Waals surface area (Å²) < 4.78 is 33.9. The minimum atomic E-state index is -3.77. The third kappa shape index (κ3) is 3.57. The summed E-state index contributed by atoms with van der Waals surface area (Å²) in [5.74, 6) is -0.0186. The summed E-state index contributed by atoms with van der Waals surface area (Å²) in [6.07, 6.45) is 1.50. The molecule has 1 aromatic carbocycles. The monoisotopic (exact) mass is 338 g/mol. The lowest BCUT2D eigenvalue weighted by Gasteiger charge is -2.15. The fraction of sp³-hybridized carbons (Fsp3) is 0.357. The van der Waals surface area contributed by atoms with Crippen molar-refractivity contribution in [2.24, 2.45) is 7.05 Å². The summed E-state index contributed by atoms with van der Waals surface area (Å²) in [5.41, 5.74) is 0.746. The number of aryl methyl sites for hydroxylation is 2. The SMILES string of the molecule is COC(=O)c1ccc(S(=O)(=O)N[C@@H](C)c2nncn2C)c(C)c1. The zero-order chi connectivity index (χ0) is 17.2. The van der Waals surface area contributed by atoms with Gasteiger partial charge in [0.15, 0.2) is 0 Å². The van der Waals surface area contributed by atoms with Gasteiger partial charge in [0.2, 0.25) is 10.0 Å².